The molecule has 1 N–H and O–H groups in total. The number of aliphatic hydroxyl groups is 1. The highest BCUT2D eigenvalue weighted by molar-refractivity contribution is 5.12. The van der Waals surface area contributed by atoms with Crippen molar-refractivity contribution < 1.29 is 14.6 Å². The summed E-state index contributed by atoms with van der Waals surface area (Å²) >= 11 is 0. The molecular formula is C16H23NO3. The van der Waals surface area contributed by atoms with E-state index in [1.165, 1.54) is 0 Å². The predicted octanol–water partition coefficient (Wildman–Crippen LogP) is 2.60. The maximum absolute atomic E-state index is 10.1. The molecule has 0 aliphatic rings. The zero-order valence-electron chi connectivity index (χ0n) is 12.3. The minimum absolute atomic E-state index is 0.0507. The van der Waals surface area contributed by atoms with Gasteiger partial charge >= 0.3 is 0 Å². The van der Waals surface area contributed by atoms with Crippen molar-refractivity contribution in [3.05, 3.63) is 48.7 Å². The Bertz CT molecular complexity index is 431. The summed E-state index contributed by atoms with van der Waals surface area (Å²) in [6.07, 6.45) is 4.28. The Morgan fingerprint density at radius 1 is 1.50 bits per heavy atom. The van der Waals surface area contributed by atoms with Crippen LogP contribution in [0.25, 0.3) is 0 Å². The van der Waals surface area contributed by atoms with Gasteiger partial charge in [0, 0.05) is 25.3 Å². The van der Waals surface area contributed by atoms with Gasteiger partial charge in [-0.05, 0) is 18.6 Å². The lowest BCUT2D eigenvalue weighted by Crippen LogP contribution is -2.31. The molecule has 0 saturated heterocycles. The average molecular weight is 277 g/mol. The van der Waals surface area contributed by atoms with Gasteiger partial charge in [-0.15, -0.1) is 6.58 Å². The second kappa shape index (κ2) is 8.51. The number of rotatable bonds is 8. The first-order valence-electron chi connectivity index (χ1n) is 6.63. The summed E-state index contributed by atoms with van der Waals surface area (Å²) in [5, 5.41) is 10.1. The maximum atomic E-state index is 10.1. The third-order valence-electron chi connectivity index (χ3n) is 3.01. The molecule has 0 aromatic carbocycles. The van der Waals surface area contributed by atoms with Crippen LogP contribution in [0.15, 0.2) is 48.7 Å². The standard InChI is InChI=1S/C16H23NO3/c1-5-14(19-4)16(18)13(3)10-12(2)11-20-15-8-6-7-9-17-15/h5-10,13-14,16,18H,1,11H2,2-4H3/b12-10-/t13-,14?,16+/m1/s1. The van der Waals surface area contributed by atoms with Crippen molar-refractivity contribution in [3.8, 4) is 5.88 Å². The molecule has 20 heavy (non-hydrogen) atoms. The topological polar surface area (TPSA) is 51.6 Å². The molecule has 4 nitrogen and oxygen atoms in total. The van der Waals surface area contributed by atoms with Crippen LogP contribution in [0, 0.1) is 5.92 Å². The smallest absolute Gasteiger partial charge is 0.213 e. The molecule has 0 amide bonds. The molecule has 0 aliphatic heterocycles. The quantitative estimate of drug-likeness (QED) is 0.742. The van der Waals surface area contributed by atoms with Crippen LogP contribution in [0.2, 0.25) is 0 Å². The number of pyridine rings is 1. The number of hydrogen-bond acceptors (Lipinski definition) is 4. The highest BCUT2D eigenvalue weighted by Gasteiger charge is 2.20. The van der Waals surface area contributed by atoms with Gasteiger partial charge in [0.1, 0.15) is 12.7 Å². The lowest BCUT2D eigenvalue weighted by atomic mass is 9.97. The summed E-state index contributed by atoms with van der Waals surface area (Å²) in [7, 11) is 1.56. The Morgan fingerprint density at radius 3 is 2.80 bits per heavy atom. The lowest BCUT2D eigenvalue weighted by Gasteiger charge is -2.22. The summed E-state index contributed by atoms with van der Waals surface area (Å²) < 4.78 is 10.7. The lowest BCUT2D eigenvalue weighted by molar-refractivity contribution is -0.00159. The third kappa shape index (κ3) is 5.15. The number of aromatic nitrogens is 1. The van der Waals surface area contributed by atoms with Crippen LogP contribution in [0.4, 0.5) is 0 Å². The SMILES string of the molecule is C=CC(OC)[C@@H](O)[C@H](C)/C=C(/C)COc1ccccn1. The van der Waals surface area contributed by atoms with Gasteiger partial charge in [0.25, 0.3) is 0 Å². The molecule has 1 aromatic heterocycles. The van der Waals surface area contributed by atoms with Crippen LogP contribution in [-0.2, 0) is 4.74 Å². The van der Waals surface area contributed by atoms with Crippen molar-refractivity contribution >= 4 is 0 Å². The van der Waals surface area contributed by atoms with Gasteiger partial charge < -0.3 is 14.6 Å². The molecule has 4 heteroatoms. The van der Waals surface area contributed by atoms with Crippen molar-refractivity contribution in [2.45, 2.75) is 26.1 Å². The van der Waals surface area contributed by atoms with Gasteiger partial charge in [-0.25, -0.2) is 4.98 Å². The summed E-state index contributed by atoms with van der Waals surface area (Å²) in [6.45, 7) is 7.99. The summed E-state index contributed by atoms with van der Waals surface area (Å²) in [5.41, 5.74) is 1.03. The maximum Gasteiger partial charge on any atom is 0.213 e. The molecular weight excluding hydrogens is 254 g/mol. The van der Waals surface area contributed by atoms with E-state index in [4.69, 9.17) is 9.47 Å². The number of nitrogens with zero attached hydrogens (tertiary/aromatic N) is 1. The molecule has 0 aliphatic carbocycles. The fourth-order valence-corrected chi connectivity index (χ4v) is 1.89. The summed E-state index contributed by atoms with van der Waals surface area (Å²) in [4.78, 5) is 4.09. The second-order valence-corrected chi connectivity index (χ2v) is 4.76. The Hall–Kier alpha value is -1.65. The highest BCUT2D eigenvalue weighted by Crippen LogP contribution is 2.15. The zero-order valence-corrected chi connectivity index (χ0v) is 12.3. The molecule has 1 unspecified atom stereocenters. The first-order chi connectivity index (χ1) is 9.58. The molecule has 0 spiro atoms. The highest BCUT2D eigenvalue weighted by atomic mass is 16.5. The van der Waals surface area contributed by atoms with E-state index < -0.39 is 6.10 Å². The van der Waals surface area contributed by atoms with Crippen LogP contribution >= 0.6 is 0 Å². The Morgan fingerprint density at radius 2 is 2.25 bits per heavy atom. The predicted molar refractivity (Wildman–Crippen MR) is 79.7 cm³/mol. The minimum atomic E-state index is -0.623. The van der Waals surface area contributed by atoms with Crippen molar-refractivity contribution in [3.63, 3.8) is 0 Å². The van der Waals surface area contributed by atoms with Gasteiger partial charge in [-0.3, -0.25) is 0 Å². The van der Waals surface area contributed by atoms with Crippen molar-refractivity contribution in [2.24, 2.45) is 5.92 Å². The molecule has 0 bridgehead atoms. The Kier molecular flexibility index (Phi) is 6.98. The van der Waals surface area contributed by atoms with E-state index in [1.807, 2.05) is 38.1 Å². The molecule has 1 aromatic rings. The van der Waals surface area contributed by atoms with E-state index >= 15 is 0 Å². The number of methoxy groups -OCH3 is 1. The Balaban J connectivity index is 2.53. The molecule has 110 valence electrons. The van der Waals surface area contributed by atoms with Crippen LogP contribution in [-0.4, -0.2) is 36.0 Å². The monoisotopic (exact) mass is 277 g/mol. The van der Waals surface area contributed by atoms with Gasteiger partial charge in [-0.2, -0.15) is 0 Å². The van der Waals surface area contributed by atoms with Crippen LogP contribution in [0.5, 0.6) is 5.88 Å². The van der Waals surface area contributed by atoms with Gasteiger partial charge in [0.05, 0.1) is 6.10 Å². The van der Waals surface area contributed by atoms with E-state index in [2.05, 4.69) is 11.6 Å². The van der Waals surface area contributed by atoms with Gasteiger partial charge in [-0.1, -0.05) is 25.1 Å². The third-order valence-corrected chi connectivity index (χ3v) is 3.01. The first kappa shape index (κ1) is 16.4. The van der Waals surface area contributed by atoms with Crippen LogP contribution in [0.1, 0.15) is 13.8 Å². The number of ether oxygens (including phenoxy) is 2. The van der Waals surface area contributed by atoms with Crippen molar-refractivity contribution in [1.82, 2.24) is 4.98 Å². The van der Waals surface area contributed by atoms with E-state index in [9.17, 15) is 5.11 Å². The molecule has 3 atom stereocenters. The summed E-state index contributed by atoms with van der Waals surface area (Å²) in [5.74, 6) is 0.541. The average Bonchev–Trinajstić information content (AvgIpc) is 2.47. The summed E-state index contributed by atoms with van der Waals surface area (Å²) in [6, 6.07) is 5.53. The van der Waals surface area contributed by atoms with Gasteiger partial charge in [0.2, 0.25) is 5.88 Å². The van der Waals surface area contributed by atoms with E-state index in [0.717, 1.165) is 5.57 Å². The van der Waals surface area contributed by atoms with Crippen LogP contribution in [0.3, 0.4) is 0 Å². The van der Waals surface area contributed by atoms with Crippen LogP contribution < -0.4 is 4.74 Å². The fourth-order valence-electron chi connectivity index (χ4n) is 1.89. The zero-order chi connectivity index (χ0) is 15.0. The molecule has 1 heterocycles. The fraction of sp³-hybridized carbons (Fsp3) is 0.438. The van der Waals surface area contributed by atoms with E-state index in [1.54, 1.807) is 19.4 Å². The number of hydrogen-bond donors (Lipinski definition) is 1. The van der Waals surface area contributed by atoms with Gasteiger partial charge in [0.15, 0.2) is 0 Å². The Labute approximate surface area is 120 Å². The molecule has 0 radical (unpaired) electrons. The largest absolute Gasteiger partial charge is 0.473 e. The first-order valence-corrected chi connectivity index (χ1v) is 6.63. The van der Waals surface area contributed by atoms with Crippen molar-refractivity contribution in [1.29, 1.82) is 0 Å². The minimum Gasteiger partial charge on any atom is -0.473 e. The normalized spacial score (nSPS) is 16.3. The van der Waals surface area contributed by atoms with E-state index in [-0.39, 0.29) is 12.0 Å². The van der Waals surface area contributed by atoms with Crippen molar-refractivity contribution in [2.75, 3.05) is 13.7 Å². The number of aliphatic hydroxyl groups excluding tert-OH is 1. The second-order valence-electron chi connectivity index (χ2n) is 4.76. The van der Waals surface area contributed by atoms with E-state index in [0.29, 0.717) is 12.5 Å². The molecule has 1 rings (SSSR count). The molecule has 0 fully saturated rings. The molecule has 0 saturated carbocycles.